The quantitative estimate of drug-likeness (QED) is 0.636. The molecule has 1 aromatic rings. The van der Waals surface area contributed by atoms with Crippen LogP contribution in [-0.4, -0.2) is 29.3 Å². The molecule has 1 aliphatic rings. The average molecular weight is 299 g/mol. The number of carbonyl (C=O) groups is 2. The standard InChI is InChI=1S/C12H11F2N3O4/c13-8-3-7(10(17(20)21)4-9(8)14)12(19)15-5-6-1-2-11(18)16-6/h3-4,6H,1-2,5H2,(H,15,19)(H,16,18). The Balaban J connectivity index is 2.13. The van der Waals surface area contributed by atoms with E-state index in [0.29, 0.717) is 25.0 Å². The first kappa shape index (κ1) is 14.8. The molecular weight excluding hydrogens is 288 g/mol. The van der Waals surface area contributed by atoms with E-state index in [2.05, 4.69) is 10.6 Å². The van der Waals surface area contributed by atoms with E-state index in [9.17, 15) is 28.5 Å². The molecule has 0 spiro atoms. The van der Waals surface area contributed by atoms with Crippen molar-refractivity contribution in [1.29, 1.82) is 0 Å². The van der Waals surface area contributed by atoms with E-state index in [4.69, 9.17) is 0 Å². The van der Waals surface area contributed by atoms with Gasteiger partial charge in [-0.15, -0.1) is 0 Å². The van der Waals surface area contributed by atoms with Crippen LogP contribution in [0.25, 0.3) is 0 Å². The van der Waals surface area contributed by atoms with Gasteiger partial charge in [-0.25, -0.2) is 8.78 Å². The molecule has 1 saturated heterocycles. The molecular formula is C12H11F2N3O4. The number of carbonyl (C=O) groups excluding carboxylic acids is 2. The first-order chi connectivity index (χ1) is 9.88. The largest absolute Gasteiger partial charge is 0.352 e. The Hall–Kier alpha value is -2.58. The molecule has 1 atom stereocenters. The second-order valence-corrected chi connectivity index (χ2v) is 4.55. The van der Waals surface area contributed by atoms with E-state index >= 15 is 0 Å². The molecule has 112 valence electrons. The summed E-state index contributed by atoms with van der Waals surface area (Å²) in [5, 5.41) is 15.7. The second-order valence-electron chi connectivity index (χ2n) is 4.55. The van der Waals surface area contributed by atoms with Gasteiger partial charge in [0, 0.05) is 19.0 Å². The third-order valence-corrected chi connectivity index (χ3v) is 3.07. The molecule has 2 amide bonds. The van der Waals surface area contributed by atoms with Crippen LogP contribution >= 0.6 is 0 Å². The number of nitrogens with one attached hydrogen (secondary N) is 2. The molecule has 1 heterocycles. The third kappa shape index (κ3) is 3.30. The van der Waals surface area contributed by atoms with Gasteiger partial charge < -0.3 is 10.6 Å². The van der Waals surface area contributed by atoms with Gasteiger partial charge in [-0.1, -0.05) is 0 Å². The van der Waals surface area contributed by atoms with Crippen LogP contribution in [0.2, 0.25) is 0 Å². The van der Waals surface area contributed by atoms with Crippen LogP contribution in [0.1, 0.15) is 23.2 Å². The summed E-state index contributed by atoms with van der Waals surface area (Å²) in [6.07, 6.45) is 0.866. The molecule has 0 aliphatic carbocycles. The molecule has 0 saturated carbocycles. The summed E-state index contributed by atoms with van der Waals surface area (Å²) >= 11 is 0. The molecule has 0 bridgehead atoms. The SMILES string of the molecule is O=C1CCC(CNC(=O)c2cc(F)c(F)cc2[N+](=O)[O-])N1. The van der Waals surface area contributed by atoms with Gasteiger partial charge >= 0.3 is 0 Å². The molecule has 1 aliphatic heterocycles. The van der Waals surface area contributed by atoms with Crippen molar-refractivity contribution in [2.45, 2.75) is 18.9 Å². The smallest absolute Gasteiger partial charge is 0.285 e. The minimum atomic E-state index is -1.40. The van der Waals surface area contributed by atoms with Crippen molar-refractivity contribution >= 4 is 17.5 Å². The summed E-state index contributed by atoms with van der Waals surface area (Å²) in [4.78, 5) is 32.7. The number of rotatable bonds is 4. The monoisotopic (exact) mass is 299 g/mol. The zero-order chi connectivity index (χ0) is 15.6. The molecule has 1 fully saturated rings. The number of nitrogens with zero attached hydrogens (tertiary/aromatic N) is 1. The fraction of sp³-hybridized carbons (Fsp3) is 0.333. The predicted octanol–water partition coefficient (Wildman–Crippen LogP) is 0.881. The second kappa shape index (κ2) is 5.81. The maximum Gasteiger partial charge on any atom is 0.285 e. The van der Waals surface area contributed by atoms with Crippen molar-refractivity contribution in [1.82, 2.24) is 10.6 Å². The molecule has 7 nitrogen and oxygen atoms in total. The molecule has 0 radical (unpaired) electrons. The zero-order valence-electron chi connectivity index (χ0n) is 10.7. The first-order valence-corrected chi connectivity index (χ1v) is 6.09. The van der Waals surface area contributed by atoms with Crippen LogP contribution in [0.15, 0.2) is 12.1 Å². The van der Waals surface area contributed by atoms with Gasteiger partial charge in [0.05, 0.1) is 11.0 Å². The van der Waals surface area contributed by atoms with Crippen LogP contribution < -0.4 is 10.6 Å². The summed E-state index contributed by atoms with van der Waals surface area (Å²) in [5.74, 6) is -3.80. The van der Waals surface area contributed by atoms with Crippen LogP contribution in [0.3, 0.4) is 0 Å². The average Bonchev–Trinajstić information content (AvgIpc) is 2.84. The lowest BCUT2D eigenvalue weighted by molar-refractivity contribution is -0.385. The molecule has 21 heavy (non-hydrogen) atoms. The van der Waals surface area contributed by atoms with Gasteiger partial charge in [-0.3, -0.25) is 19.7 Å². The third-order valence-electron chi connectivity index (χ3n) is 3.07. The first-order valence-electron chi connectivity index (χ1n) is 6.09. The Morgan fingerprint density at radius 3 is 2.67 bits per heavy atom. The van der Waals surface area contributed by atoms with Gasteiger partial charge in [0.15, 0.2) is 11.6 Å². The van der Waals surface area contributed by atoms with Crippen molar-refractivity contribution in [3.05, 3.63) is 39.4 Å². The normalized spacial score (nSPS) is 17.4. The fourth-order valence-electron chi connectivity index (χ4n) is 2.01. The lowest BCUT2D eigenvalue weighted by Gasteiger charge is -2.11. The summed E-state index contributed by atoms with van der Waals surface area (Å²) in [6.45, 7) is 0.0563. The van der Waals surface area contributed by atoms with Crippen LogP contribution in [0.4, 0.5) is 14.5 Å². The van der Waals surface area contributed by atoms with Crippen LogP contribution in [0.5, 0.6) is 0 Å². The topological polar surface area (TPSA) is 101 Å². The number of amides is 2. The number of hydrogen-bond acceptors (Lipinski definition) is 4. The molecule has 2 N–H and O–H groups in total. The molecule has 9 heteroatoms. The van der Waals surface area contributed by atoms with E-state index in [-0.39, 0.29) is 18.5 Å². The van der Waals surface area contributed by atoms with Crippen molar-refractivity contribution in [2.24, 2.45) is 0 Å². The highest BCUT2D eigenvalue weighted by atomic mass is 19.2. The molecule has 2 rings (SSSR count). The van der Waals surface area contributed by atoms with Gasteiger partial charge in [-0.05, 0) is 12.5 Å². The highest BCUT2D eigenvalue weighted by molar-refractivity contribution is 5.98. The predicted molar refractivity (Wildman–Crippen MR) is 66.5 cm³/mol. The summed E-state index contributed by atoms with van der Waals surface area (Å²) < 4.78 is 26.1. The Morgan fingerprint density at radius 2 is 2.10 bits per heavy atom. The lowest BCUT2D eigenvalue weighted by Crippen LogP contribution is -2.38. The summed E-state index contributed by atoms with van der Waals surface area (Å²) in [6, 6.07) is 0.572. The fourth-order valence-corrected chi connectivity index (χ4v) is 2.01. The number of hydrogen-bond donors (Lipinski definition) is 2. The van der Waals surface area contributed by atoms with Crippen LogP contribution in [0, 0.1) is 21.7 Å². The van der Waals surface area contributed by atoms with Crippen molar-refractivity contribution < 1.29 is 23.3 Å². The Labute approximate surface area is 117 Å². The van der Waals surface area contributed by atoms with Crippen molar-refractivity contribution in [3.63, 3.8) is 0 Å². The maximum absolute atomic E-state index is 13.1. The van der Waals surface area contributed by atoms with Gasteiger partial charge in [0.2, 0.25) is 5.91 Å². The number of benzene rings is 1. The number of nitro benzene ring substituents is 1. The van der Waals surface area contributed by atoms with E-state index in [1.807, 2.05) is 0 Å². The minimum absolute atomic E-state index is 0.0563. The highest BCUT2D eigenvalue weighted by Gasteiger charge is 2.26. The number of nitro groups is 1. The van der Waals surface area contributed by atoms with E-state index < -0.39 is 33.7 Å². The lowest BCUT2D eigenvalue weighted by atomic mass is 10.1. The van der Waals surface area contributed by atoms with E-state index in [1.165, 1.54) is 0 Å². The highest BCUT2D eigenvalue weighted by Crippen LogP contribution is 2.22. The van der Waals surface area contributed by atoms with Crippen molar-refractivity contribution in [2.75, 3.05) is 6.54 Å². The minimum Gasteiger partial charge on any atom is -0.352 e. The number of halogens is 2. The maximum atomic E-state index is 13.1. The Morgan fingerprint density at radius 1 is 1.43 bits per heavy atom. The zero-order valence-corrected chi connectivity index (χ0v) is 10.7. The van der Waals surface area contributed by atoms with Crippen LogP contribution in [-0.2, 0) is 4.79 Å². The summed E-state index contributed by atoms with van der Waals surface area (Å²) in [5.41, 5.74) is -1.38. The van der Waals surface area contributed by atoms with Crippen molar-refractivity contribution in [3.8, 4) is 0 Å². The van der Waals surface area contributed by atoms with E-state index in [1.54, 1.807) is 0 Å². The van der Waals surface area contributed by atoms with E-state index in [0.717, 1.165) is 0 Å². The molecule has 0 aromatic heterocycles. The Kier molecular flexibility index (Phi) is 4.10. The van der Waals surface area contributed by atoms with Gasteiger partial charge in [0.25, 0.3) is 11.6 Å². The Bertz CT molecular complexity index is 621. The van der Waals surface area contributed by atoms with Gasteiger partial charge in [-0.2, -0.15) is 0 Å². The molecule has 1 unspecified atom stereocenters. The summed E-state index contributed by atoms with van der Waals surface area (Å²) in [7, 11) is 0. The molecule has 1 aromatic carbocycles. The van der Waals surface area contributed by atoms with Gasteiger partial charge in [0.1, 0.15) is 5.56 Å².